The minimum atomic E-state index is 0.0217. The number of thiazole rings is 1. The third-order valence-corrected chi connectivity index (χ3v) is 3.56. The number of amides is 1. The van der Waals surface area contributed by atoms with E-state index in [0.29, 0.717) is 17.7 Å². The monoisotopic (exact) mass is 254 g/mol. The molecule has 0 bridgehead atoms. The van der Waals surface area contributed by atoms with Gasteiger partial charge in [-0.05, 0) is 13.8 Å². The highest BCUT2D eigenvalue weighted by molar-refractivity contribution is 7.13. The van der Waals surface area contributed by atoms with Gasteiger partial charge < -0.3 is 10.6 Å². The van der Waals surface area contributed by atoms with E-state index in [4.69, 9.17) is 0 Å². The fraction of sp³-hybridized carbons (Fsp3) is 0.636. The highest BCUT2D eigenvalue weighted by Gasteiger charge is 2.18. The molecule has 1 aromatic rings. The van der Waals surface area contributed by atoms with Crippen molar-refractivity contribution in [3.8, 4) is 0 Å². The van der Waals surface area contributed by atoms with Crippen molar-refractivity contribution in [3.63, 3.8) is 0 Å². The van der Waals surface area contributed by atoms with Gasteiger partial charge in [0.2, 0.25) is 5.91 Å². The van der Waals surface area contributed by atoms with Crippen molar-refractivity contribution in [3.05, 3.63) is 11.1 Å². The molecule has 1 saturated heterocycles. The summed E-state index contributed by atoms with van der Waals surface area (Å²) >= 11 is 1.47. The molecule has 0 aromatic carbocycles. The van der Waals surface area contributed by atoms with Crippen LogP contribution in [0.25, 0.3) is 0 Å². The summed E-state index contributed by atoms with van der Waals surface area (Å²) in [5.74, 6) is 0.0217. The van der Waals surface area contributed by atoms with Crippen molar-refractivity contribution < 1.29 is 4.79 Å². The maximum atomic E-state index is 11.8. The van der Waals surface area contributed by atoms with Gasteiger partial charge in [-0.2, -0.15) is 0 Å². The van der Waals surface area contributed by atoms with E-state index >= 15 is 0 Å². The standard InChI is InChI=1S/C11H18N4OS/c1-8-5-15(4-3-12-8)6-10(16)14-11-13-9(2)7-17-11/h7-8,12H,3-6H2,1-2H3,(H,13,14,16)/t8-/m0/s1. The number of hydrogen-bond donors (Lipinski definition) is 2. The molecule has 1 atom stereocenters. The van der Waals surface area contributed by atoms with Crippen LogP contribution in [0.5, 0.6) is 0 Å². The molecule has 94 valence electrons. The highest BCUT2D eigenvalue weighted by Crippen LogP contribution is 2.14. The molecule has 1 fully saturated rings. The smallest absolute Gasteiger partial charge is 0.240 e. The third kappa shape index (κ3) is 3.76. The first-order valence-corrected chi connectivity index (χ1v) is 6.69. The van der Waals surface area contributed by atoms with Crippen molar-refractivity contribution in [2.75, 3.05) is 31.5 Å². The van der Waals surface area contributed by atoms with Gasteiger partial charge in [-0.15, -0.1) is 11.3 Å². The lowest BCUT2D eigenvalue weighted by atomic mass is 10.2. The molecule has 1 aromatic heterocycles. The normalized spacial score (nSPS) is 21.4. The predicted octanol–water partition coefficient (Wildman–Crippen LogP) is 0.684. The molecule has 1 aliphatic heterocycles. The van der Waals surface area contributed by atoms with Crippen molar-refractivity contribution in [1.29, 1.82) is 0 Å². The minimum absolute atomic E-state index is 0.0217. The van der Waals surface area contributed by atoms with E-state index in [0.717, 1.165) is 25.3 Å². The van der Waals surface area contributed by atoms with Crippen molar-refractivity contribution in [2.45, 2.75) is 19.9 Å². The summed E-state index contributed by atoms with van der Waals surface area (Å²) in [7, 11) is 0. The van der Waals surface area contributed by atoms with Gasteiger partial charge in [0, 0.05) is 31.1 Å². The largest absolute Gasteiger partial charge is 0.312 e. The first kappa shape index (κ1) is 12.5. The van der Waals surface area contributed by atoms with E-state index < -0.39 is 0 Å². The van der Waals surface area contributed by atoms with E-state index in [-0.39, 0.29) is 5.91 Å². The van der Waals surface area contributed by atoms with Gasteiger partial charge in [-0.1, -0.05) is 0 Å². The van der Waals surface area contributed by atoms with Gasteiger partial charge in [0.1, 0.15) is 0 Å². The van der Waals surface area contributed by atoms with Gasteiger partial charge in [-0.3, -0.25) is 9.69 Å². The Kier molecular flexibility index (Phi) is 4.09. The molecule has 1 amide bonds. The fourth-order valence-corrected chi connectivity index (χ4v) is 2.63. The Bertz CT molecular complexity index is 393. The Morgan fingerprint density at radius 1 is 1.76 bits per heavy atom. The first-order chi connectivity index (χ1) is 8.13. The second-order valence-corrected chi connectivity index (χ2v) is 5.29. The first-order valence-electron chi connectivity index (χ1n) is 5.81. The summed E-state index contributed by atoms with van der Waals surface area (Å²) in [4.78, 5) is 18.2. The fourth-order valence-electron chi connectivity index (χ4n) is 1.93. The second kappa shape index (κ2) is 5.57. The zero-order valence-electron chi connectivity index (χ0n) is 10.2. The van der Waals surface area contributed by atoms with Crippen molar-refractivity contribution in [1.82, 2.24) is 15.2 Å². The van der Waals surface area contributed by atoms with Crippen LogP contribution in [0.3, 0.4) is 0 Å². The molecule has 0 aliphatic carbocycles. The molecule has 17 heavy (non-hydrogen) atoms. The van der Waals surface area contributed by atoms with E-state index in [1.807, 2.05) is 12.3 Å². The number of nitrogens with zero attached hydrogens (tertiary/aromatic N) is 2. The van der Waals surface area contributed by atoms with Crippen LogP contribution in [0, 0.1) is 6.92 Å². The number of nitrogens with one attached hydrogen (secondary N) is 2. The van der Waals surface area contributed by atoms with Crippen LogP contribution in [-0.4, -0.2) is 48.0 Å². The summed E-state index contributed by atoms with van der Waals surface area (Å²) in [6, 6.07) is 0.457. The van der Waals surface area contributed by atoms with Gasteiger partial charge in [0.05, 0.1) is 12.2 Å². The molecule has 0 unspecified atom stereocenters. The van der Waals surface area contributed by atoms with Gasteiger partial charge in [0.15, 0.2) is 5.13 Å². The molecule has 2 heterocycles. The van der Waals surface area contributed by atoms with Crippen LogP contribution < -0.4 is 10.6 Å². The van der Waals surface area contributed by atoms with Crippen LogP contribution in [0.15, 0.2) is 5.38 Å². The molecule has 0 saturated carbocycles. The number of hydrogen-bond acceptors (Lipinski definition) is 5. The number of carbonyl (C=O) groups excluding carboxylic acids is 1. The molecule has 2 N–H and O–H groups in total. The molecule has 6 heteroatoms. The summed E-state index contributed by atoms with van der Waals surface area (Å²) < 4.78 is 0. The summed E-state index contributed by atoms with van der Waals surface area (Å²) in [5.41, 5.74) is 0.945. The Labute approximate surface area is 105 Å². The van der Waals surface area contributed by atoms with E-state index in [1.165, 1.54) is 11.3 Å². The molecular formula is C11H18N4OS. The molecule has 0 spiro atoms. The Hall–Kier alpha value is -0.980. The van der Waals surface area contributed by atoms with Gasteiger partial charge in [0.25, 0.3) is 0 Å². The molecule has 1 aliphatic rings. The Morgan fingerprint density at radius 2 is 2.59 bits per heavy atom. The van der Waals surface area contributed by atoms with E-state index in [9.17, 15) is 4.79 Å². The van der Waals surface area contributed by atoms with E-state index in [1.54, 1.807) is 0 Å². The number of carbonyl (C=O) groups is 1. The summed E-state index contributed by atoms with van der Waals surface area (Å²) in [6.07, 6.45) is 0. The predicted molar refractivity (Wildman–Crippen MR) is 69.4 cm³/mol. The molecule has 5 nitrogen and oxygen atoms in total. The zero-order chi connectivity index (χ0) is 12.3. The summed E-state index contributed by atoms with van der Waals surface area (Å²) in [5, 5.41) is 8.81. The average Bonchev–Trinajstić information content (AvgIpc) is 2.63. The molecular weight excluding hydrogens is 236 g/mol. The molecule has 0 radical (unpaired) electrons. The number of anilines is 1. The zero-order valence-corrected chi connectivity index (χ0v) is 11.0. The Morgan fingerprint density at radius 3 is 3.24 bits per heavy atom. The minimum Gasteiger partial charge on any atom is -0.312 e. The number of aryl methyl sites for hydroxylation is 1. The van der Waals surface area contributed by atoms with Crippen LogP contribution in [0.4, 0.5) is 5.13 Å². The van der Waals surface area contributed by atoms with Gasteiger partial charge >= 0.3 is 0 Å². The topological polar surface area (TPSA) is 57.3 Å². The lowest BCUT2D eigenvalue weighted by Gasteiger charge is -2.31. The lowest BCUT2D eigenvalue weighted by molar-refractivity contribution is -0.117. The number of aromatic nitrogens is 1. The van der Waals surface area contributed by atoms with Crippen molar-refractivity contribution in [2.24, 2.45) is 0 Å². The SMILES string of the molecule is Cc1csc(NC(=O)CN2CCN[C@@H](C)C2)n1. The number of piperazine rings is 1. The van der Waals surface area contributed by atoms with Crippen molar-refractivity contribution >= 4 is 22.4 Å². The van der Waals surface area contributed by atoms with Gasteiger partial charge in [-0.25, -0.2) is 4.98 Å². The quantitative estimate of drug-likeness (QED) is 0.833. The van der Waals surface area contributed by atoms with E-state index in [2.05, 4.69) is 27.4 Å². The van der Waals surface area contributed by atoms with Crippen LogP contribution in [0.1, 0.15) is 12.6 Å². The van der Waals surface area contributed by atoms with Crippen LogP contribution >= 0.6 is 11.3 Å². The lowest BCUT2D eigenvalue weighted by Crippen LogP contribution is -2.51. The average molecular weight is 254 g/mol. The Balaban J connectivity index is 1.80. The maximum absolute atomic E-state index is 11.8. The highest BCUT2D eigenvalue weighted by atomic mass is 32.1. The van der Waals surface area contributed by atoms with Crippen LogP contribution in [0.2, 0.25) is 0 Å². The third-order valence-electron chi connectivity index (χ3n) is 2.69. The summed E-state index contributed by atoms with van der Waals surface area (Å²) in [6.45, 7) is 7.30. The second-order valence-electron chi connectivity index (χ2n) is 4.43. The maximum Gasteiger partial charge on any atom is 0.240 e. The number of rotatable bonds is 3. The van der Waals surface area contributed by atoms with Crippen LogP contribution in [-0.2, 0) is 4.79 Å². The molecule has 2 rings (SSSR count).